The number of carboxylic acids is 1. The summed E-state index contributed by atoms with van der Waals surface area (Å²) in [6, 6.07) is 0.234. The molecule has 3 atom stereocenters. The van der Waals surface area contributed by atoms with Gasteiger partial charge in [0.25, 0.3) is 5.91 Å². The molecule has 6 nitrogen and oxygen atoms in total. The van der Waals surface area contributed by atoms with Gasteiger partial charge in [-0.2, -0.15) is 0 Å². The van der Waals surface area contributed by atoms with Crippen LogP contribution in [0.2, 0.25) is 0 Å². The van der Waals surface area contributed by atoms with E-state index in [1.807, 2.05) is 12.2 Å². The quantitative estimate of drug-likeness (QED) is 0.587. The van der Waals surface area contributed by atoms with Crippen molar-refractivity contribution in [2.45, 2.75) is 71.8 Å². The maximum absolute atomic E-state index is 13.1. The summed E-state index contributed by atoms with van der Waals surface area (Å²) < 4.78 is 0. The van der Waals surface area contributed by atoms with Crippen molar-refractivity contribution in [1.82, 2.24) is 5.32 Å². The van der Waals surface area contributed by atoms with Gasteiger partial charge in [-0.1, -0.05) is 32.9 Å². The number of amides is 2. The molecule has 1 aromatic rings. The van der Waals surface area contributed by atoms with Gasteiger partial charge in [0.05, 0.1) is 17.4 Å². The van der Waals surface area contributed by atoms with Gasteiger partial charge in [-0.05, 0) is 61.8 Å². The maximum atomic E-state index is 13.1. The Bertz CT molecular complexity index is 923. The number of hydrogen-bond donors (Lipinski definition) is 3. The van der Waals surface area contributed by atoms with Gasteiger partial charge in [-0.3, -0.25) is 14.4 Å². The summed E-state index contributed by atoms with van der Waals surface area (Å²) in [7, 11) is 0. The van der Waals surface area contributed by atoms with E-state index in [1.165, 1.54) is 16.2 Å². The summed E-state index contributed by atoms with van der Waals surface area (Å²) in [5.74, 6) is -2.18. The zero-order chi connectivity index (χ0) is 22.3. The molecule has 7 heteroatoms. The van der Waals surface area contributed by atoms with Crippen molar-refractivity contribution in [2.24, 2.45) is 23.2 Å². The van der Waals surface area contributed by atoms with Crippen molar-refractivity contribution in [3.63, 3.8) is 0 Å². The molecule has 1 aromatic heterocycles. The van der Waals surface area contributed by atoms with Gasteiger partial charge in [-0.15, -0.1) is 11.3 Å². The lowest BCUT2D eigenvalue weighted by atomic mass is 9.72. The topological polar surface area (TPSA) is 95.5 Å². The van der Waals surface area contributed by atoms with Crippen molar-refractivity contribution in [3.05, 3.63) is 28.2 Å². The van der Waals surface area contributed by atoms with Crippen LogP contribution in [-0.2, 0) is 22.4 Å². The lowest BCUT2D eigenvalue weighted by Crippen LogP contribution is -2.35. The number of rotatable bonds is 5. The molecule has 0 spiro atoms. The fourth-order valence-corrected chi connectivity index (χ4v) is 6.05. The highest BCUT2D eigenvalue weighted by Crippen LogP contribution is 2.44. The van der Waals surface area contributed by atoms with Gasteiger partial charge < -0.3 is 15.7 Å². The molecule has 0 saturated heterocycles. The molecule has 4 rings (SSSR count). The summed E-state index contributed by atoms with van der Waals surface area (Å²) in [4.78, 5) is 39.0. The molecule has 0 aliphatic heterocycles. The average molecular weight is 445 g/mol. The summed E-state index contributed by atoms with van der Waals surface area (Å²) >= 11 is 1.50. The number of hydrogen-bond acceptors (Lipinski definition) is 4. The van der Waals surface area contributed by atoms with E-state index in [4.69, 9.17) is 0 Å². The number of aliphatic carboxylic acids is 1. The molecule has 168 valence electrons. The Kier molecular flexibility index (Phi) is 5.99. The standard InChI is InChI=1S/C24H32N2O4S/c1-24(2,3)13-8-11-17-18(12-13)31-22(19(17)21(28)25-14-9-10-14)26-20(27)15-6-4-5-7-16(15)23(29)30/h4-5,13-16H,6-12H2,1-3H3,(H,25,28)(H,26,27)(H,29,30)/t13-,15-,16+/m1/s1. The van der Waals surface area contributed by atoms with Gasteiger partial charge >= 0.3 is 5.97 Å². The highest BCUT2D eigenvalue weighted by atomic mass is 32.1. The number of carboxylic acid groups (broad SMARTS) is 1. The third-order valence-electron chi connectivity index (χ3n) is 6.95. The van der Waals surface area contributed by atoms with Gasteiger partial charge in [-0.25, -0.2) is 0 Å². The zero-order valence-electron chi connectivity index (χ0n) is 18.5. The van der Waals surface area contributed by atoms with E-state index in [0.29, 0.717) is 29.3 Å². The molecular formula is C24H32N2O4S. The molecule has 1 saturated carbocycles. The maximum Gasteiger partial charge on any atom is 0.307 e. The first kappa shape index (κ1) is 22.1. The van der Waals surface area contributed by atoms with Gasteiger partial charge in [0, 0.05) is 10.9 Å². The van der Waals surface area contributed by atoms with Crippen molar-refractivity contribution >= 4 is 34.1 Å². The summed E-state index contributed by atoms with van der Waals surface area (Å²) in [5, 5.41) is 16.2. The van der Waals surface area contributed by atoms with Gasteiger partial charge in [0.2, 0.25) is 5.91 Å². The highest BCUT2D eigenvalue weighted by molar-refractivity contribution is 7.17. The third-order valence-corrected chi connectivity index (χ3v) is 8.12. The van der Waals surface area contributed by atoms with E-state index in [0.717, 1.165) is 37.7 Å². The Morgan fingerprint density at radius 3 is 2.35 bits per heavy atom. The molecule has 3 N–H and O–H groups in total. The first-order valence-electron chi connectivity index (χ1n) is 11.3. The van der Waals surface area contributed by atoms with E-state index < -0.39 is 17.8 Å². The number of fused-ring (bicyclic) bond motifs is 1. The van der Waals surface area contributed by atoms with Crippen LogP contribution in [0.1, 0.15) is 73.7 Å². The summed E-state index contributed by atoms with van der Waals surface area (Å²) in [6.45, 7) is 6.76. The van der Waals surface area contributed by atoms with Crippen LogP contribution in [0, 0.1) is 23.2 Å². The first-order valence-corrected chi connectivity index (χ1v) is 12.1. The lowest BCUT2D eigenvalue weighted by Gasteiger charge is -2.33. The van der Waals surface area contributed by atoms with Crippen molar-refractivity contribution < 1.29 is 19.5 Å². The third kappa shape index (κ3) is 4.71. The van der Waals surface area contributed by atoms with Crippen molar-refractivity contribution in [3.8, 4) is 0 Å². The average Bonchev–Trinajstić information content (AvgIpc) is 3.44. The van der Waals surface area contributed by atoms with Gasteiger partial charge in [0.15, 0.2) is 0 Å². The number of anilines is 1. The molecule has 0 radical (unpaired) electrons. The Morgan fingerprint density at radius 2 is 1.74 bits per heavy atom. The van der Waals surface area contributed by atoms with E-state index in [-0.39, 0.29) is 23.3 Å². The Labute approximate surface area is 187 Å². The monoisotopic (exact) mass is 444 g/mol. The lowest BCUT2D eigenvalue weighted by molar-refractivity contribution is -0.146. The predicted octanol–water partition coefficient (Wildman–Crippen LogP) is 4.40. The number of carbonyl (C=O) groups excluding carboxylic acids is 2. The number of allylic oxidation sites excluding steroid dienone is 2. The SMILES string of the molecule is CC(C)(C)[C@@H]1CCc2c(sc(NC(=O)[C@@H]3CC=CC[C@@H]3C(=O)O)c2C(=O)NC2CC2)C1. The second-order valence-corrected chi connectivity index (χ2v) is 11.3. The van der Waals surface area contributed by atoms with Crippen LogP contribution < -0.4 is 10.6 Å². The molecule has 3 aliphatic carbocycles. The molecule has 1 fully saturated rings. The van der Waals surface area contributed by atoms with Crippen LogP contribution in [0.3, 0.4) is 0 Å². The first-order chi connectivity index (χ1) is 14.6. The normalized spacial score (nSPS) is 25.6. The summed E-state index contributed by atoms with van der Waals surface area (Å²) in [5.41, 5.74) is 1.85. The number of nitrogens with one attached hydrogen (secondary N) is 2. The zero-order valence-corrected chi connectivity index (χ0v) is 19.3. The van der Waals surface area contributed by atoms with Crippen LogP contribution in [0.25, 0.3) is 0 Å². The molecule has 2 amide bonds. The summed E-state index contributed by atoms with van der Waals surface area (Å²) in [6.07, 6.45) is 9.24. The van der Waals surface area contributed by atoms with E-state index in [9.17, 15) is 19.5 Å². The predicted molar refractivity (Wildman–Crippen MR) is 121 cm³/mol. The fraction of sp³-hybridized carbons (Fsp3) is 0.625. The second kappa shape index (κ2) is 8.41. The van der Waals surface area contributed by atoms with E-state index in [2.05, 4.69) is 31.4 Å². The second-order valence-electron chi connectivity index (χ2n) is 10.2. The fourth-order valence-electron chi connectivity index (χ4n) is 4.72. The molecular weight excluding hydrogens is 412 g/mol. The van der Waals surface area contributed by atoms with Gasteiger partial charge in [0.1, 0.15) is 5.00 Å². The molecule has 0 bridgehead atoms. The largest absolute Gasteiger partial charge is 0.481 e. The Balaban J connectivity index is 1.62. The minimum absolute atomic E-state index is 0.108. The minimum atomic E-state index is -0.949. The van der Waals surface area contributed by atoms with Crippen molar-refractivity contribution in [1.29, 1.82) is 0 Å². The molecule has 0 unspecified atom stereocenters. The number of thiophene rings is 1. The van der Waals surface area contributed by atoms with Crippen LogP contribution >= 0.6 is 11.3 Å². The van der Waals surface area contributed by atoms with E-state index >= 15 is 0 Å². The smallest absolute Gasteiger partial charge is 0.307 e. The van der Waals surface area contributed by atoms with Crippen molar-refractivity contribution in [2.75, 3.05) is 5.32 Å². The van der Waals surface area contributed by atoms with Crippen LogP contribution in [-0.4, -0.2) is 28.9 Å². The molecule has 31 heavy (non-hydrogen) atoms. The minimum Gasteiger partial charge on any atom is -0.481 e. The van der Waals surface area contributed by atoms with E-state index in [1.54, 1.807) is 0 Å². The highest BCUT2D eigenvalue weighted by Gasteiger charge is 2.38. The van der Waals surface area contributed by atoms with Crippen LogP contribution in [0.5, 0.6) is 0 Å². The van der Waals surface area contributed by atoms with Crippen LogP contribution in [0.4, 0.5) is 5.00 Å². The molecule has 1 heterocycles. The Morgan fingerprint density at radius 1 is 1.06 bits per heavy atom. The van der Waals surface area contributed by atoms with Crippen LogP contribution in [0.15, 0.2) is 12.2 Å². The molecule has 3 aliphatic rings. The molecule has 0 aromatic carbocycles. The Hall–Kier alpha value is -2.15. The number of carbonyl (C=O) groups is 3.